The number of sulfone groups is 1. The highest BCUT2D eigenvalue weighted by Crippen LogP contribution is 2.27. The highest BCUT2D eigenvalue weighted by molar-refractivity contribution is 7.91. The third kappa shape index (κ3) is 7.27. The van der Waals surface area contributed by atoms with Crippen molar-refractivity contribution in [2.45, 2.75) is 70.1 Å². The third-order valence-corrected chi connectivity index (χ3v) is 6.12. The van der Waals surface area contributed by atoms with Gasteiger partial charge in [-0.15, -0.1) is 0 Å². The summed E-state index contributed by atoms with van der Waals surface area (Å²) >= 11 is 0. The Labute approximate surface area is 128 Å². The second-order valence-corrected chi connectivity index (χ2v) is 9.40. The summed E-state index contributed by atoms with van der Waals surface area (Å²) in [6.45, 7) is 4.98. The Balaban J connectivity index is 2.33. The van der Waals surface area contributed by atoms with Crippen LogP contribution in [0.5, 0.6) is 0 Å². The van der Waals surface area contributed by atoms with Crippen molar-refractivity contribution in [2.75, 3.05) is 12.8 Å². The molecule has 5 nitrogen and oxygen atoms in total. The molecular weight excluding hydrogens is 290 g/mol. The first-order chi connectivity index (χ1) is 9.60. The van der Waals surface area contributed by atoms with E-state index >= 15 is 0 Å². The minimum atomic E-state index is -2.94. The first kappa shape index (κ1) is 18.4. The maximum absolute atomic E-state index is 11.6. The number of hydrogen-bond acceptors (Lipinski definition) is 4. The Morgan fingerprint density at radius 3 is 2.52 bits per heavy atom. The number of hydrogen-bond donors (Lipinski definition) is 2. The van der Waals surface area contributed by atoms with Crippen molar-refractivity contribution in [1.82, 2.24) is 5.32 Å². The van der Waals surface area contributed by atoms with Crippen LogP contribution in [0.2, 0.25) is 0 Å². The van der Waals surface area contributed by atoms with Gasteiger partial charge in [0, 0.05) is 18.7 Å². The lowest BCUT2D eigenvalue weighted by atomic mass is 9.84. The number of carboxylic acid groups (broad SMARTS) is 1. The molecule has 21 heavy (non-hydrogen) atoms. The molecule has 0 saturated heterocycles. The van der Waals surface area contributed by atoms with Gasteiger partial charge >= 0.3 is 5.97 Å². The molecule has 2 atom stereocenters. The average Bonchev–Trinajstić information content (AvgIpc) is 2.36. The van der Waals surface area contributed by atoms with Gasteiger partial charge in [-0.05, 0) is 44.1 Å². The molecule has 124 valence electrons. The molecule has 2 unspecified atom stereocenters. The molecule has 1 aliphatic carbocycles. The van der Waals surface area contributed by atoms with Gasteiger partial charge in [0.15, 0.2) is 0 Å². The number of carbonyl (C=O) groups is 1. The highest BCUT2D eigenvalue weighted by Gasteiger charge is 2.29. The standard InChI is InChI=1S/C15H29NO4S/c1-15(2,8-7-14(17)18)9-10-16-12-5-4-6-13(11-12)21(3,19)20/h12-13,16H,4-11H2,1-3H3,(H,17,18). The SMILES string of the molecule is CC(C)(CCNC1CCCC(S(C)(=O)=O)C1)CCC(=O)O. The fraction of sp³-hybridized carbons (Fsp3) is 0.933. The van der Waals surface area contributed by atoms with Crippen LogP contribution in [0, 0.1) is 5.41 Å². The largest absolute Gasteiger partial charge is 0.481 e. The van der Waals surface area contributed by atoms with Crippen molar-refractivity contribution < 1.29 is 18.3 Å². The molecule has 0 aromatic heterocycles. The summed E-state index contributed by atoms with van der Waals surface area (Å²) in [7, 11) is -2.94. The van der Waals surface area contributed by atoms with E-state index in [1.54, 1.807) is 0 Å². The Morgan fingerprint density at radius 1 is 1.29 bits per heavy atom. The molecule has 0 amide bonds. The van der Waals surface area contributed by atoms with Gasteiger partial charge in [-0.1, -0.05) is 20.3 Å². The Hall–Kier alpha value is -0.620. The summed E-state index contributed by atoms with van der Waals surface area (Å²) in [4.78, 5) is 10.6. The van der Waals surface area contributed by atoms with Crippen molar-refractivity contribution >= 4 is 15.8 Å². The molecule has 0 spiro atoms. The zero-order valence-corrected chi connectivity index (χ0v) is 14.2. The number of aliphatic carboxylic acids is 1. The van der Waals surface area contributed by atoms with E-state index < -0.39 is 15.8 Å². The lowest BCUT2D eigenvalue weighted by molar-refractivity contribution is -0.137. The van der Waals surface area contributed by atoms with Crippen molar-refractivity contribution in [3.05, 3.63) is 0 Å². The van der Waals surface area contributed by atoms with Crippen LogP contribution in [0.3, 0.4) is 0 Å². The Kier molecular flexibility index (Phi) is 6.66. The van der Waals surface area contributed by atoms with Crippen LogP contribution in [0.1, 0.15) is 58.8 Å². The van der Waals surface area contributed by atoms with Gasteiger partial charge in [-0.2, -0.15) is 0 Å². The predicted octanol–water partition coefficient (Wildman–Crippen LogP) is 2.21. The van der Waals surface area contributed by atoms with Crippen molar-refractivity contribution in [1.29, 1.82) is 0 Å². The summed E-state index contributed by atoms with van der Waals surface area (Å²) in [6.07, 6.45) is 6.57. The second kappa shape index (κ2) is 7.58. The van der Waals surface area contributed by atoms with Crippen molar-refractivity contribution in [3.63, 3.8) is 0 Å². The summed E-state index contributed by atoms with van der Waals surface area (Å²) in [5.74, 6) is -0.751. The summed E-state index contributed by atoms with van der Waals surface area (Å²) in [5.41, 5.74) is -0.00368. The van der Waals surface area contributed by atoms with Crippen LogP contribution in [0.25, 0.3) is 0 Å². The van der Waals surface area contributed by atoms with E-state index in [-0.39, 0.29) is 23.1 Å². The third-order valence-electron chi connectivity index (χ3n) is 4.48. The summed E-state index contributed by atoms with van der Waals surface area (Å²) in [5, 5.41) is 12.0. The Morgan fingerprint density at radius 2 is 1.95 bits per heavy atom. The maximum Gasteiger partial charge on any atom is 0.303 e. The van der Waals surface area contributed by atoms with Gasteiger partial charge in [0.25, 0.3) is 0 Å². The summed E-state index contributed by atoms with van der Waals surface area (Å²) < 4.78 is 23.3. The van der Waals surface area contributed by atoms with Gasteiger partial charge in [-0.25, -0.2) is 8.42 Å². The molecule has 1 rings (SSSR count). The van der Waals surface area contributed by atoms with E-state index in [9.17, 15) is 13.2 Å². The number of rotatable bonds is 8. The summed E-state index contributed by atoms with van der Waals surface area (Å²) in [6, 6.07) is 0.272. The van der Waals surface area contributed by atoms with Gasteiger partial charge < -0.3 is 10.4 Å². The molecule has 0 aromatic carbocycles. The van der Waals surface area contributed by atoms with Gasteiger partial charge in [0.2, 0.25) is 0 Å². The van der Waals surface area contributed by atoms with Crippen LogP contribution in [-0.2, 0) is 14.6 Å². The van der Waals surface area contributed by atoms with Crippen LogP contribution in [0.15, 0.2) is 0 Å². The van der Waals surface area contributed by atoms with E-state index in [4.69, 9.17) is 5.11 Å². The molecule has 0 aromatic rings. The molecule has 0 aliphatic heterocycles. The highest BCUT2D eigenvalue weighted by atomic mass is 32.2. The van der Waals surface area contributed by atoms with Gasteiger partial charge in [0.1, 0.15) is 9.84 Å². The van der Waals surface area contributed by atoms with E-state index in [1.165, 1.54) is 6.26 Å². The molecule has 0 bridgehead atoms. The fourth-order valence-electron chi connectivity index (χ4n) is 2.90. The monoisotopic (exact) mass is 319 g/mol. The topological polar surface area (TPSA) is 83.5 Å². The number of nitrogens with one attached hydrogen (secondary N) is 1. The van der Waals surface area contributed by atoms with Gasteiger partial charge in [-0.3, -0.25) is 4.79 Å². The van der Waals surface area contributed by atoms with E-state index in [0.717, 1.165) is 32.2 Å². The molecule has 1 fully saturated rings. The quantitative estimate of drug-likeness (QED) is 0.716. The maximum atomic E-state index is 11.6. The molecule has 0 radical (unpaired) electrons. The molecule has 2 N–H and O–H groups in total. The normalized spacial score (nSPS) is 24.0. The molecule has 1 aliphatic rings. The first-order valence-corrected chi connectivity index (χ1v) is 9.70. The van der Waals surface area contributed by atoms with Crippen molar-refractivity contribution in [2.24, 2.45) is 5.41 Å². The van der Waals surface area contributed by atoms with Crippen molar-refractivity contribution in [3.8, 4) is 0 Å². The van der Waals surface area contributed by atoms with E-state index in [0.29, 0.717) is 12.8 Å². The van der Waals surface area contributed by atoms with Crippen LogP contribution in [0.4, 0.5) is 0 Å². The van der Waals surface area contributed by atoms with E-state index in [1.807, 2.05) is 0 Å². The predicted molar refractivity (Wildman–Crippen MR) is 84.2 cm³/mol. The molecular formula is C15H29NO4S. The Bertz CT molecular complexity index is 445. The van der Waals surface area contributed by atoms with E-state index in [2.05, 4.69) is 19.2 Å². The smallest absolute Gasteiger partial charge is 0.303 e. The molecule has 6 heteroatoms. The fourth-order valence-corrected chi connectivity index (χ4v) is 4.08. The van der Waals surface area contributed by atoms with Crippen LogP contribution in [-0.4, -0.2) is 43.6 Å². The van der Waals surface area contributed by atoms with Crippen LogP contribution < -0.4 is 5.32 Å². The minimum absolute atomic E-state index is 0.00368. The zero-order valence-electron chi connectivity index (χ0n) is 13.4. The zero-order chi connectivity index (χ0) is 16.1. The van der Waals surface area contributed by atoms with Gasteiger partial charge in [0.05, 0.1) is 5.25 Å². The van der Waals surface area contributed by atoms with Crippen LogP contribution >= 0.6 is 0 Å². The lowest BCUT2D eigenvalue weighted by Gasteiger charge is -2.30. The average molecular weight is 319 g/mol. The minimum Gasteiger partial charge on any atom is -0.481 e. The molecule has 1 saturated carbocycles. The second-order valence-electron chi connectivity index (χ2n) is 7.08. The first-order valence-electron chi connectivity index (χ1n) is 7.74. The number of carboxylic acids is 1. The lowest BCUT2D eigenvalue weighted by Crippen LogP contribution is -2.40. The molecule has 0 heterocycles.